The summed E-state index contributed by atoms with van der Waals surface area (Å²) in [7, 11) is 0. The van der Waals surface area contributed by atoms with Crippen LogP contribution in [0.1, 0.15) is 26.2 Å². The molecule has 3 heteroatoms. The lowest BCUT2D eigenvalue weighted by Gasteiger charge is -2.31. The molecule has 0 spiro atoms. The summed E-state index contributed by atoms with van der Waals surface area (Å²) in [5, 5.41) is 8.99. The molecule has 4 atom stereocenters. The second-order valence-electron chi connectivity index (χ2n) is 4.55. The van der Waals surface area contributed by atoms with Crippen molar-refractivity contribution in [2.45, 2.75) is 32.2 Å². The van der Waals surface area contributed by atoms with E-state index >= 15 is 0 Å². The van der Waals surface area contributed by atoms with Crippen molar-refractivity contribution in [3.05, 3.63) is 0 Å². The standard InChI is InChI=1S/C9H15NO2/c1-9-3-2-5(4-9)7(10)6(9)8(11)12/h5-7H,2-4,10H2,1H3,(H,11,12)/t5-,6+,7-,9+/m0/s1. The van der Waals surface area contributed by atoms with Crippen LogP contribution < -0.4 is 5.73 Å². The van der Waals surface area contributed by atoms with Crippen molar-refractivity contribution < 1.29 is 9.90 Å². The lowest BCUT2D eigenvalue weighted by Crippen LogP contribution is -2.43. The zero-order valence-corrected chi connectivity index (χ0v) is 7.29. The molecular weight excluding hydrogens is 154 g/mol. The Bertz CT molecular complexity index is 229. The van der Waals surface area contributed by atoms with Gasteiger partial charge in [-0.1, -0.05) is 6.92 Å². The predicted octanol–water partition coefficient (Wildman–Crippen LogP) is 0.834. The maximum Gasteiger partial charge on any atom is 0.308 e. The second kappa shape index (κ2) is 2.22. The van der Waals surface area contributed by atoms with Gasteiger partial charge in [-0.3, -0.25) is 4.79 Å². The van der Waals surface area contributed by atoms with Crippen molar-refractivity contribution in [2.75, 3.05) is 0 Å². The van der Waals surface area contributed by atoms with Crippen LogP contribution in [0.25, 0.3) is 0 Å². The maximum atomic E-state index is 10.9. The molecular formula is C9H15NO2. The summed E-state index contributed by atoms with van der Waals surface area (Å²) in [6, 6.07) is -0.0961. The van der Waals surface area contributed by atoms with Gasteiger partial charge < -0.3 is 10.8 Å². The lowest BCUT2D eigenvalue weighted by atomic mass is 9.75. The van der Waals surface area contributed by atoms with E-state index in [1.165, 1.54) is 0 Å². The fraction of sp³-hybridized carbons (Fsp3) is 0.889. The molecule has 3 N–H and O–H groups in total. The highest BCUT2D eigenvalue weighted by Crippen LogP contribution is 2.56. The lowest BCUT2D eigenvalue weighted by molar-refractivity contribution is -0.146. The fourth-order valence-corrected chi connectivity index (χ4v) is 3.13. The van der Waals surface area contributed by atoms with Crippen LogP contribution in [0.4, 0.5) is 0 Å². The minimum atomic E-state index is -0.702. The van der Waals surface area contributed by atoms with Crippen LogP contribution in [0.3, 0.4) is 0 Å². The molecule has 12 heavy (non-hydrogen) atoms. The molecule has 0 amide bonds. The Hall–Kier alpha value is -0.570. The van der Waals surface area contributed by atoms with E-state index in [0.717, 1.165) is 19.3 Å². The molecule has 0 aromatic heterocycles. The van der Waals surface area contributed by atoms with E-state index < -0.39 is 5.97 Å². The summed E-state index contributed by atoms with van der Waals surface area (Å²) in [4.78, 5) is 10.9. The van der Waals surface area contributed by atoms with Crippen LogP contribution >= 0.6 is 0 Å². The normalized spacial score (nSPS) is 51.3. The Balaban J connectivity index is 2.29. The zero-order valence-electron chi connectivity index (χ0n) is 7.29. The van der Waals surface area contributed by atoms with E-state index in [1.54, 1.807) is 0 Å². The number of fused-ring (bicyclic) bond motifs is 2. The fourth-order valence-electron chi connectivity index (χ4n) is 3.13. The Morgan fingerprint density at radius 2 is 2.33 bits per heavy atom. The number of hydrogen-bond donors (Lipinski definition) is 2. The van der Waals surface area contributed by atoms with E-state index in [-0.39, 0.29) is 17.4 Å². The Kier molecular flexibility index (Phi) is 1.49. The molecule has 2 bridgehead atoms. The van der Waals surface area contributed by atoms with Gasteiger partial charge in [0.15, 0.2) is 0 Å². The van der Waals surface area contributed by atoms with Crippen molar-refractivity contribution >= 4 is 5.97 Å². The Morgan fingerprint density at radius 1 is 1.67 bits per heavy atom. The van der Waals surface area contributed by atoms with E-state index in [1.807, 2.05) is 0 Å². The van der Waals surface area contributed by atoms with Crippen molar-refractivity contribution in [3.63, 3.8) is 0 Å². The van der Waals surface area contributed by atoms with Gasteiger partial charge in [0.05, 0.1) is 5.92 Å². The third-order valence-corrected chi connectivity index (χ3v) is 3.76. The van der Waals surface area contributed by atoms with E-state index in [4.69, 9.17) is 10.8 Å². The quantitative estimate of drug-likeness (QED) is 0.611. The largest absolute Gasteiger partial charge is 0.481 e. The first-order valence-electron chi connectivity index (χ1n) is 4.53. The molecule has 2 aliphatic rings. The van der Waals surface area contributed by atoms with Crippen LogP contribution in [0.2, 0.25) is 0 Å². The van der Waals surface area contributed by atoms with Crippen LogP contribution in [0.5, 0.6) is 0 Å². The van der Waals surface area contributed by atoms with E-state index in [2.05, 4.69) is 6.92 Å². The minimum absolute atomic E-state index is 0.00405. The van der Waals surface area contributed by atoms with Crippen LogP contribution in [0.15, 0.2) is 0 Å². The molecule has 0 heterocycles. The van der Waals surface area contributed by atoms with Crippen molar-refractivity contribution in [1.29, 1.82) is 0 Å². The number of carbonyl (C=O) groups is 1. The van der Waals surface area contributed by atoms with Crippen molar-refractivity contribution in [2.24, 2.45) is 23.0 Å². The molecule has 2 saturated carbocycles. The first-order chi connectivity index (χ1) is 5.54. The van der Waals surface area contributed by atoms with Crippen molar-refractivity contribution in [1.82, 2.24) is 0 Å². The highest BCUT2D eigenvalue weighted by atomic mass is 16.4. The first kappa shape index (κ1) is 8.05. The summed E-state index contributed by atoms with van der Waals surface area (Å²) >= 11 is 0. The molecule has 3 nitrogen and oxygen atoms in total. The third kappa shape index (κ3) is 0.829. The van der Waals surface area contributed by atoms with Gasteiger partial charge in [-0.15, -0.1) is 0 Å². The minimum Gasteiger partial charge on any atom is -0.481 e. The smallest absolute Gasteiger partial charge is 0.308 e. The number of carboxylic acid groups (broad SMARTS) is 1. The number of carboxylic acids is 1. The highest BCUT2D eigenvalue weighted by molar-refractivity contribution is 5.73. The molecule has 0 unspecified atom stereocenters. The van der Waals surface area contributed by atoms with Gasteiger partial charge in [-0.2, -0.15) is 0 Å². The van der Waals surface area contributed by atoms with Crippen molar-refractivity contribution in [3.8, 4) is 0 Å². The molecule has 2 aliphatic carbocycles. The average Bonchev–Trinajstić information content (AvgIpc) is 2.40. The summed E-state index contributed by atoms with van der Waals surface area (Å²) in [6.07, 6.45) is 3.19. The van der Waals surface area contributed by atoms with Gasteiger partial charge in [-0.05, 0) is 30.6 Å². The molecule has 2 fully saturated rings. The zero-order chi connectivity index (χ0) is 8.93. The molecule has 0 aliphatic heterocycles. The SMILES string of the molecule is C[C@@]12CC[C@@H](C1)[C@H](N)[C@@H]2C(=O)O. The topological polar surface area (TPSA) is 63.3 Å². The predicted molar refractivity (Wildman–Crippen MR) is 44.5 cm³/mol. The third-order valence-electron chi connectivity index (χ3n) is 3.76. The van der Waals surface area contributed by atoms with Gasteiger partial charge in [0, 0.05) is 6.04 Å². The van der Waals surface area contributed by atoms with E-state index in [9.17, 15) is 4.79 Å². The summed E-state index contributed by atoms with van der Waals surface area (Å²) in [6.45, 7) is 2.07. The second-order valence-corrected chi connectivity index (χ2v) is 4.55. The Morgan fingerprint density at radius 3 is 2.67 bits per heavy atom. The Labute approximate surface area is 71.9 Å². The molecule has 0 saturated heterocycles. The number of nitrogens with two attached hydrogens (primary N) is 1. The molecule has 0 aromatic carbocycles. The van der Waals surface area contributed by atoms with Gasteiger partial charge in [0.2, 0.25) is 0 Å². The maximum absolute atomic E-state index is 10.9. The van der Waals surface area contributed by atoms with Crippen LogP contribution in [-0.2, 0) is 4.79 Å². The summed E-state index contributed by atoms with van der Waals surface area (Å²) in [5.74, 6) is -0.528. The molecule has 0 aromatic rings. The average molecular weight is 169 g/mol. The highest BCUT2D eigenvalue weighted by Gasteiger charge is 2.56. The number of rotatable bonds is 1. The van der Waals surface area contributed by atoms with Crippen LogP contribution in [-0.4, -0.2) is 17.1 Å². The van der Waals surface area contributed by atoms with Gasteiger partial charge in [0.25, 0.3) is 0 Å². The van der Waals surface area contributed by atoms with Gasteiger partial charge in [-0.25, -0.2) is 0 Å². The summed E-state index contributed by atoms with van der Waals surface area (Å²) < 4.78 is 0. The van der Waals surface area contributed by atoms with Crippen LogP contribution in [0, 0.1) is 17.3 Å². The molecule has 2 rings (SSSR count). The molecule has 0 radical (unpaired) electrons. The van der Waals surface area contributed by atoms with Gasteiger partial charge in [0.1, 0.15) is 0 Å². The summed E-state index contributed by atoms with van der Waals surface area (Å²) in [5.41, 5.74) is 5.87. The van der Waals surface area contributed by atoms with Gasteiger partial charge >= 0.3 is 5.97 Å². The first-order valence-corrected chi connectivity index (χ1v) is 4.53. The van der Waals surface area contributed by atoms with E-state index in [0.29, 0.717) is 5.92 Å². The molecule has 68 valence electrons. The number of aliphatic carboxylic acids is 1. The number of hydrogen-bond acceptors (Lipinski definition) is 2. The monoisotopic (exact) mass is 169 g/mol.